The summed E-state index contributed by atoms with van der Waals surface area (Å²) in [6, 6.07) is 6.46. The molecule has 0 unspecified atom stereocenters. The third-order valence-corrected chi connectivity index (χ3v) is 8.93. The molecule has 0 saturated carbocycles. The van der Waals surface area contributed by atoms with Gasteiger partial charge in [-0.2, -0.15) is 0 Å². The molecule has 2 heterocycles. The number of sulfonamides is 1. The Morgan fingerprint density at radius 1 is 1.28 bits per heavy atom. The van der Waals surface area contributed by atoms with Crippen LogP contribution in [0.25, 0.3) is 0 Å². The zero-order valence-corrected chi connectivity index (χ0v) is 17.9. The van der Waals surface area contributed by atoms with E-state index in [9.17, 15) is 13.2 Å². The van der Waals surface area contributed by atoms with E-state index in [1.54, 1.807) is 5.48 Å². The molecule has 8 nitrogen and oxygen atoms in total. The third-order valence-electron chi connectivity index (χ3n) is 6.31. The number of hydrogen-bond acceptors (Lipinski definition) is 6. The van der Waals surface area contributed by atoms with Gasteiger partial charge >= 0.3 is 0 Å². The number of nitrogens with zero attached hydrogens (tertiary/aromatic N) is 1. The van der Waals surface area contributed by atoms with Crippen LogP contribution in [0, 0.1) is 6.92 Å². The lowest BCUT2D eigenvalue weighted by Crippen LogP contribution is -2.60. The molecule has 29 heavy (non-hydrogen) atoms. The molecule has 3 N–H and O–H groups in total. The lowest BCUT2D eigenvalue weighted by molar-refractivity contribution is -0.134. The first kappa shape index (κ1) is 22.2. The highest BCUT2D eigenvalue weighted by Gasteiger charge is 2.54. The second-order valence-corrected chi connectivity index (χ2v) is 10.2. The molecule has 162 valence electrons. The van der Waals surface area contributed by atoms with E-state index in [2.05, 4.69) is 30.4 Å². The minimum atomic E-state index is -3.91. The van der Waals surface area contributed by atoms with E-state index in [0.29, 0.717) is 31.8 Å². The summed E-state index contributed by atoms with van der Waals surface area (Å²) in [5.74, 6) is -0.570. The second-order valence-electron chi connectivity index (χ2n) is 7.94. The van der Waals surface area contributed by atoms with E-state index in [1.165, 1.54) is 21.0 Å². The molecule has 0 bridgehead atoms. The number of rotatable bonds is 6. The first-order valence-corrected chi connectivity index (χ1v) is 11.6. The summed E-state index contributed by atoms with van der Waals surface area (Å²) in [7, 11) is -1.99. The Morgan fingerprint density at radius 2 is 1.93 bits per heavy atom. The fraction of sp³-hybridized carbons (Fsp3) is 0.650. The number of nitrogens with one attached hydrogen (secondary N) is 2. The quantitative estimate of drug-likeness (QED) is 0.468. The van der Waals surface area contributed by atoms with E-state index in [4.69, 9.17) is 9.94 Å². The van der Waals surface area contributed by atoms with Crippen LogP contribution in [0.3, 0.4) is 0 Å². The molecule has 0 spiro atoms. The van der Waals surface area contributed by atoms with Gasteiger partial charge in [-0.3, -0.25) is 10.0 Å². The molecular weight excluding hydrogens is 394 g/mol. The molecule has 2 fully saturated rings. The van der Waals surface area contributed by atoms with Crippen molar-refractivity contribution < 1.29 is 23.2 Å². The average Bonchev–Trinajstić information content (AvgIpc) is 2.75. The van der Waals surface area contributed by atoms with E-state index in [-0.39, 0.29) is 26.1 Å². The van der Waals surface area contributed by atoms with Crippen molar-refractivity contribution in [3.63, 3.8) is 0 Å². The minimum absolute atomic E-state index is 0.0494. The number of aryl methyl sites for hydroxylation is 1. The Morgan fingerprint density at radius 3 is 2.48 bits per heavy atom. The number of benzene rings is 1. The van der Waals surface area contributed by atoms with Gasteiger partial charge in [0.1, 0.15) is 0 Å². The second kappa shape index (κ2) is 9.09. The summed E-state index contributed by atoms with van der Waals surface area (Å²) in [5, 5.41) is 12.3. The molecule has 0 aromatic heterocycles. The molecular formula is C20H31N3O5S. The third kappa shape index (κ3) is 4.20. The van der Waals surface area contributed by atoms with Crippen LogP contribution in [0.5, 0.6) is 0 Å². The molecule has 0 atom stereocenters. The van der Waals surface area contributed by atoms with Crippen molar-refractivity contribution in [2.24, 2.45) is 0 Å². The highest BCUT2D eigenvalue weighted by atomic mass is 32.2. The molecule has 0 radical (unpaired) electrons. The molecule has 2 aliphatic heterocycles. The van der Waals surface area contributed by atoms with Crippen LogP contribution in [-0.2, 0) is 26.1 Å². The average molecular weight is 426 g/mol. The number of hydrogen-bond donors (Lipinski definition) is 3. The number of hydroxylamine groups is 1. The highest BCUT2D eigenvalue weighted by molar-refractivity contribution is 7.91. The molecule has 0 aliphatic carbocycles. The van der Waals surface area contributed by atoms with Gasteiger partial charge in [-0.1, -0.05) is 18.2 Å². The number of ether oxygens (including phenoxy) is 1. The van der Waals surface area contributed by atoms with Crippen LogP contribution in [-0.4, -0.2) is 61.9 Å². The Balaban J connectivity index is 1.74. The van der Waals surface area contributed by atoms with E-state index >= 15 is 0 Å². The highest BCUT2D eigenvalue weighted by Crippen LogP contribution is 2.37. The zero-order valence-electron chi connectivity index (χ0n) is 17.1. The molecule has 2 aliphatic rings. The number of carbonyl (C=O) groups is 1. The van der Waals surface area contributed by atoms with E-state index in [0.717, 1.165) is 6.54 Å². The van der Waals surface area contributed by atoms with Crippen molar-refractivity contribution in [2.75, 3.05) is 33.4 Å². The van der Waals surface area contributed by atoms with Crippen molar-refractivity contribution in [3.05, 3.63) is 34.9 Å². The monoisotopic (exact) mass is 425 g/mol. The SMILES string of the molecule is CNCc1ccc(C2CCN(S(=O)(=O)C3(C(=O)NO)CCOCC3)CC2)cc1C. The normalized spacial score (nSPS) is 21.1. The van der Waals surface area contributed by atoms with Crippen LogP contribution in [0.4, 0.5) is 0 Å². The van der Waals surface area contributed by atoms with Crippen molar-refractivity contribution in [2.45, 2.75) is 49.8 Å². The van der Waals surface area contributed by atoms with Crippen molar-refractivity contribution in [1.29, 1.82) is 0 Å². The predicted octanol–water partition coefficient (Wildman–Crippen LogP) is 1.28. The lowest BCUT2D eigenvalue weighted by Gasteiger charge is -2.40. The van der Waals surface area contributed by atoms with Crippen LogP contribution in [0.2, 0.25) is 0 Å². The summed E-state index contributed by atoms with van der Waals surface area (Å²) >= 11 is 0. The van der Waals surface area contributed by atoms with Crippen molar-refractivity contribution >= 4 is 15.9 Å². The maximum atomic E-state index is 13.4. The van der Waals surface area contributed by atoms with Gasteiger partial charge in [0.25, 0.3) is 5.91 Å². The van der Waals surface area contributed by atoms with E-state index < -0.39 is 20.7 Å². The van der Waals surface area contributed by atoms with Crippen LogP contribution in [0.15, 0.2) is 18.2 Å². The van der Waals surface area contributed by atoms with Crippen LogP contribution < -0.4 is 10.8 Å². The molecule has 3 rings (SSSR count). The Hall–Kier alpha value is -1.52. The Labute approximate surface area is 172 Å². The van der Waals surface area contributed by atoms with E-state index in [1.807, 2.05) is 7.05 Å². The van der Waals surface area contributed by atoms with Gasteiger partial charge in [0, 0.05) is 45.7 Å². The van der Waals surface area contributed by atoms with Crippen molar-refractivity contribution in [1.82, 2.24) is 15.1 Å². The first-order chi connectivity index (χ1) is 13.9. The first-order valence-electron chi connectivity index (χ1n) is 10.1. The van der Waals surface area contributed by atoms with Gasteiger partial charge in [-0.05, 0) is 49.4 Å². The van der Waals surface area contributed by atoms with Gasteiger partial charge in [0.2, 0.25) is 10.0 Å². The Kier molecular flexibility index (Phi) is 6.95. The molecule has 1 amide bonds. The molecule has 1 aromatic carbocycles. The number of amides is 1. The minimum Gasteiger partial charge on any atom is -0.381 e. The zero-order chi connectivity index (χ0) is 21.1. The summed E-state index contributed by atoms with van der Waals surface area (Å²) in [4.78, 5) is 12.4. The van der Waals surface area contributed by atoms with Crippen molar-refractivity contribution in [3.8, 4) is 0 Å². The molecule has 9 heteroatoms. The molecule has 2 saturated heterocycles. The number of piperidine rings is 1. The fourth-order valence-electron chi connectivity index (χ4n) is 4.44. The summed E-state index contributed by atoms with van der Waals surface area (Å²) in [6.07, 6.45) is 1.51. The summed E-state index contributed by atoms with van der Waals surface area (Å²) < 4.78 is 31.8. The summed E-state index contributed by atoms with van der Waals surface area (Å²) in [6.45, 7) is 4.01. The maximum Gasteiger partial charge on any atom is 0.266 e. The fourth-order valence-corrected chi connectivity index (χ4v) is 6.59. The topological polar surface area (TPSA) is 108 Å². The predicted molar refractivity (Wildman–Crippen MR) is 109 cm³/mol. The lowest BCUT2D eigenvalue weighted by atomic mass is 9.88. The van der Waals surface area contributed by atoms with Gasteiger partial charge in [-0.25, -0.2) is 18.2 Å². The van der Waals surface area contributed by atoms with Gasteiger partial charge in [0.05, 0.1) is 0 Å². The Bertz CT molecular complexity index is 829. The maximum absolute atomic E-state index is 13.4. The van der Waals surface area contributed by atoms with Gasteiger partial charge in [-0.15, -0.1) is 0 Å². The van der Waals surface area contributed by atoms with Gasteiger partial charge < -0.3 is 10.1 Å². The smallest absolute Gasteiger partial charge is 0.266 e. The molecule has 1 aromatic rings. The van der Waals surface area contributed by atoms with Crippen LogP contribution in [0.1, 0.15) is 48.3 Å². The summed E-state index contributed by atoms with van der Waals surface area (Å²) in [5.41, 5.74) is 5.29. The van der Waals surface area contributed by atoms with Crippen LogP contribution >= 0.6 is 0 Å². The largest absolute Gasteiger partial charge is 0.381 e. The number of carbonyl (C=O) groups excluding carboxylic acids is 1. The standard InChI is InChI=1S/C20H31N3O5S/c1-15-13-17(3-4-18(15)14-21-2)16-5-9-23(10-6-16)29(26,27)20(19(24)22-25)7-11-28-12-8-20/h3-4,13,16,21,25H,5-12,14H2,1-2H3,(H,22,24). The van der Waals surface area contributed by atoms with Gasteiger partial charge in [0.15, 0.2) is 4.75 Å².